The molecule has 0 spiro atoms. The van der Waals surface area contributed by atoms with Crippen molar-refractivity contribution in [1.82, 2.24) is 0 Å². The minimum atomic E-state index is -0.0631. The second-order valence-corrected chi connectivity index (χ2v) is 7.25. The van der Waals surface area contributed by atoms with Gasteiger partial charge in [-0.15, -0.1) is 0 Å². The van der Waals surface area contributed by atoms with E-state index in [1.54, 1.807) is 6.07 Å². The molecule has 1 aromatic rings. The van der Waals surface area contributed by atoms with Crippen molar-refractivity contribution in [3.05, 3.63) is 27.7 Å². The average Bonchev–Trinajstić information content (AvgIpc) is 2.66. The van der Waals surface area contributed by atoms with E-state index in [1.807, 2.05) is 13.0 Å². The zero-order chi connectivity index (χ0) is 15.6. The lowest BCUT2D eigenvalue weighted by Gasteiger charge is -2.21. The Morgan fingerprint density at radius 3 is 2.71 bits per heavy atom. The van der Waals surface area contributed by atoms with E-state index in [1.165, 1.54) is 0 Å². The lowest BCUT2D eigenvalue weighted by Crippen LogP contribution is -2.24. The third-order valence-corrected chi connectivity index (χ3v) is 4.09. The molecule has 3 nitrogen and oxygen atoms in total. The maximum absolute atomic E-state index is 6.27. The highest BCUT2D eigenvalue weighted by Crippen LogP contribution is 2.35. The van der Waals surface area contributed by atoms with Crippen molar-refractivity contribution >= 4 is 23.2 Å². The molecule has 1 heterocycles. The van der Waals surface area contributed by atoms with Gasteiger partial charge >= 0.3 is 0 Å². The highest BCUT2D eigenvalue weighted by atomic mass is 35.5. The Hall–Kier alpha value is -0.480. The molecule has 0 bridgehead atoms. The second-order valence-electron chi connectivity index (χ2n) is 6.41. The van der Waals surface area contributed by atoms with Crippen molar-refractivity contribution < 1.29 is 9.47 Å². The maximum Gasteiger partial charge on any atom is 0.141 e. The maximum atomic E-state index is 6.27. The largest absolute Gasteiger partial charge is 0.489 e. The summed E-state index contributed by atoms with van der Waals surface area (Å²) < 4.78 is 11.9. The lowest BCUT2D eigenvalue weighted by molar-refractivity contribution is -0.0327. The van der Waals surface area contributed by atoms with Crippen LogP contribution in [0, 0.1) is 0 Å². The summed E-state index contributed by atoms with van der Waals surface area (Å²) in [6, 6.07) is 3.58. The zero-order valence-corrected chi connectivity index (χ0v) is 14.3. The molecule has 1 aliphatic heterocycles. The van der Waals surface area contributed by atoms with Crippen LogP contribution in [-0.2, 0) is 11.2 Å². The number of hydrogen-bond donors (Lipinski definition) is 1. The number of hydrogen-bond acceptors (Lipinski definition) is 3. The van der Waals surface area contributed by atoms with Crippen LogP contribution in [-0.4, -0.2) is 24.4 Å². The fraction of sp³-hybridized carbons (Fsp3) is 0.625. The first-order chi connectivity index (χ1) is 9.77. The minimum absolute atomic E-state index is 0.0172. The first kappa shape index (κ1) is 16.9. The molecule has 0 aromatic heterocycles. The van der Waals surface area contributed by atoms with Crippen molar-refractivity contribution in [2.45, 2.75) is 57.8 Å². The minimum Gasteiger partial charge on any atom is -0.489 e. The van der Waals surface area contributed by atoms with E-state index < -0.39 is 0 Å². The van der Waals surface area contributed by atoms with Gasteiger partial charge in [-0.2, -0.15) is 0 Å². The number of rotatable bonds is 5. The number of ether oxygens (including phenoxy) is 2. The molecular weight excluding hydrogens is 309 g/mol. The highest BCUT2D eigenvalue weighted by Gasteiger charge is 2.32. The molecular formula is C16H23Cl2NO2. The molecule has 1 aromatic carbocycles. The fourth-order valence-corrected chi connectivity index (χ4v) is 3.24. The van der Waals surface area contributed by atoms with Crippen molar-refractivity contribution in [3.8, 4) is 5.75 Å². The van der Waals surface area contributed by atoms with Gasteiger partial charge in [0, 0.05) is 11.1 Å². The van der Waals surface area contributed by atoms with Crippen LogP contribution in [0.2, 0.25) is 10.0 Å². The van der Waals surface area contributed by atoms with Crippen LogP contribution in [0.4, 0.5) is 0 Å². The van der Waals surface area contributed by atoms with Crippen LogP contribution in [0.1, 0.15) is 39.2 Å². The van der Waals surface area contributed by atoms with Crippen molar-refractivity contribution in [2.75, 3.05) is 6.61 Å². The van der Waals surface area contributed by atoms with Gasteiger partial charge in [0.25, 0.3) is 0 Å². The number of benzene rings is 1. The predicted octanol–water partition coefficient (Wildman–Crippen LogP) is 4.22. The van der Waals surface area contributed by atoms with E-state index in [2.05, 4.69) is 13.8 Å². The second kappa shape index (κ2) is 6.74. The molecule has 2 unspecified atom stereocenters. The molecule has 2 rings (SSSR count). The van der Waals surface area contributed by atoms with Gasteiger partial charge in [0.1, 0.15) is 12.4 Å². The van der Waals surface area contributed by atoms with E-state index in [0.29, 0.717) is 28.8 Å². The molecule has 2 N–H and O–H groups in total. The van der Waals surface area contributed by atoms with Crippen molar-refractivity contribution in [2.24, 2.45) is 5.73 Å². The molecule has 0 amide bonds. The Bertz CT molecular complexity index is 503. The van der Waals surface area contributed by atoms with Crippen LogP contribution in [0.15, 0.2) is 12.1 Å². The summed E-state index contributed by atoms with van der Waals surface area (Å²) in [5, 5.41) is 1.12. The number of nitrogens with two attached hydrogens (primary N) is 1. The normalized spacial score (nSPS) is 22.3. The highest BCUT2D eigenvalue weighted by molar-refractivity contribution is 6.35. The van der Waals surface area contributed by atoms with Crippen LogP contribution < -0.4 is 10.5 Å². The van der Waals surface area contributed by atoms with Gasteiger partial charge in [-0.05, 0) is 57.7 Å². The van der Waals surface area contributed by atoms with E-state index in [9.17, 15) is 0 Å². The van der Waals surface area contributed by atoms with Gasteiger partial charge < -0.3 is 15.2 Å². The lowest BCUT2D eigenvalue weighted by atomic mass is 10.1. The first-order valence-electron chi connectivity index (χ1n) is 7.31. The van der Waals surface area contributed by atoms with Gasteiger partial charge in [-0.3, -0.25) is 0 Å². The van der Waals surface area contributed by atoms with E-state index in [0.717, 1.165) is 18.4 Å². The SMILES string of the molecule is CC(N)Cc1cc(Cl)cc(Cl)c1OCC1CCC(C)(C)O1. The van der Waals surface area contributed by atoms with Crippen LogP contribution >= 0.6 is 23.2 Å². The van der Waals surface area contributed by atoms with Gasteiger partial charge in [-0.1, -0.05) is 23.2 Å². The summed E-state index contributed by atoms with van der Waals surface area (Å²) in [6.45, 7) is 6.64. The van der Waals surface area contributed by atoms with Crippen LogP contribution in [0.5, 0.6) is 5.75 Å². The third kappa shape index (κ3) is 4.75. The molecule has 2 atom stereocenters. The Labute approximate surface area is 136 Å². The zero-order valence-electron chi connectivity index (χ0n) is 12.8. The molecule has 1 saturated heterocycles. The molecule has 0 aliphatic carbocycles. The third-order valence-electron chi connectivity index (χ3n) is 3.59. The van der Waals surface area contributed by atoms with Crippen molar-refractivity contribution in [1.29, 1.82) is 0 Å². The molecule has 0 radical (unpaired) electrons. The van der Waals surface area contributed by atoms with Gasteiger partial charge in [-0.25, -0.2) is 0 Å². The molecule has 5 heteroatoms. The summed E-state index contributed by atoms with van der Waals surface area (Å²) in [5.74, 6) is 0.673. The summed E-state index contributed by atoms with van der Waals surface area (Å²) in [7, 11) is 0. The van der Waals surface area contributed by atoms with Crippen molar-refractivity contribution in [3.63, 3.8) is 0 Å². The van der Waals surface area contributed by atoms with E-state index in [4.69, 9.17) is 38.4 Å². The topological polar surface area (TPSA) is 44.5 Å². The molecule has 0 saturated carbocycles. The van der Waals surface area contributed by atoms with Crippen LogP contribution in [0.3, 0.4) is 0 Å². The average molecular weight is 332 g/mol. The Balaban J connectivity index is 2.08. The molecule has 21 heavy (non-hydrogen) atoms. The summed E-state index contributed by atoms with van der Waals surface area (Å²) in [4.78, 5) is 0. The first-order valence-corrected chi connectivity index (χ1v) is 8.06. The Morgan fingerprint density at radius 2 is 2.14 bits per heavy atom. The summed E-state index contributed by atoms with van der Waals surface area (Å²) >= 11 is 12.3. The smallest absolute Gasteiger partial charge is 0.141 e. The number of halogens is 2. The summed E-state index contributed by atoms with van der Waals surface area (Å²) in [6.07, 6.45) is 2.82. The molecule has 1 fully saturated rings. The monoisotopic (exact) mass is 331 g/mol. The molecule has 118 valence electrons. The summed E-state index contributed by atoms with van der Waals surface area (Å²) in [5.41, 5.74) is 6.76. The quantitative estimate of drug-likeness (QED) is 0.878. The van der Waals surface area contributed by atoms with Gasteiger partial charge in [0.05, 0.1) is 16.7 Å². The van der Waals surface area contributed by atoms with E-state index in [-0.39, 0.29) is 17.7 Å². The Kier molecular flexibility index (Phi) is 5.42. The van der Waals surface area contributed by atoms with Crippen LogP contribution in [0.25, 0.3) is 0 Å². The van der Waals surface area contributed by atoms with Gasteiger partial charge in [0.15, 0.2) is 0 Å². The van der Waals surface area contributed by atoms with Gasteiger partial charge in [0.2, 0.25) is 0 Å². The molecule has 1 aliphatic rings. The van der Waals surface area contributed by atoms with E-state index >= 15 is 0 Å². The predicted molar refractivity (Wildman–Crippen MR) is 87.5 cm³/mol. The fourth-order valence-electron chi connectivity index (χ4n) is 2.65. The Morgan fingerprint density at radius 1 is 1.43 bits per heavy atom. The standard InChI is InChI=1S/C16H23Cl2NO2/c1-10(19)6-11-7-12(17)8-14(18)15(11)20-9-13-4-5-16(2,3)21-13/h7-8,10,13H,4-6,9,19H2,1-3H3.